The molecule has 0 amide bonds. The van der Waals surface area contributed by atoms with E-state index < -0.39 is 9.84 Å². The van der Waals surface area contributed by atoms with E-state index in [0.717, 1.165) is 0 Å². The number of aryl methyl sites for hydroxylation is 1. The molecule has 0 aliphatic rings. The highest BCUT2D eigenvalue weighted by Crippen LogP contribution is 2.22. The third-order valence-corrected chi connectivity index (χ3v) is 4.10. The average molecular weight is 341 g/mol. The zero-order valence-electron chi connectivity index (χ0n) is 14.1. The minimum atomic E-state index is -3.00. The number of aromatic nitrogens is 4. The molecular formula is C14H23N5O3S. The highest BCUT2D eigenvalue weighted by atomic mass is 32.2. The lowest BCUT2D eigenvalue weighted by Gasteiger charge is -2.11. The van der Waals surface area contributed by atoms with Crippen molar-refractivity contribution < 1.29 is 12.9 Å². The molecule has 2 aromatic rings. The maximum Gasteiger partial charge on any atom is 0.248 e. The quantitative estimate of drug-likeness (QED) is 0.854. The van der Waals surface area contributed by atoms with Crippen molar-refractivity contribution >= 4 is 15.7 Å². The predicted octanol–water partition coefficient (Wildman–Crippen LogP) is 1.78. The van der Waals surface area contributed by atoms with Crippen LogP contribution in [-0.4, -0.2) is 40.3 Å². The molecule has 1 atom stereocenters. The van der Waals surface area contributed by atoms with Gasteiger partial charge in [0.1, 0.15) is 21.7 Å². The van der Waals surface area contributed by atoms with Crippen molar-refractivity contribution in [3.8, 4) is 0 Å². The van der Waals surface area contributed by atoms with Gasteiger partial charge in [-0.2, -0.15) is 10.1 Å². The van der Waals surface area contributed by atoms with Crippen LogP contribution in [0, 0.1) is 0 Å². The zero-order valence-corrected chi connectivity index (χ0v) is 14.9. The first kappa shape index (κ1) is 17.5. The standard InChI is InChI=1S/C14H23N5O3S/c1-10(12-16-13(18-22-12)14(2,3)4)15-11-6-7-19(17-11)8-9-23(5,20)21/h6-7,10H,8-9H2,1-5H3,(H,15,17). The van der Waals surface area contributed by atoms with Crippen LogP contribution in [-0.2, 0) is 21.8 Å². The molecule has 0 saturated heterocycles. The summed E-state index contributed by atoms with van der Waals surface area (Å²) < 4.78 is 29.2. The first-order chi connectivity index (χ1) is 10.5. The molecule has 0 aliphatic carbocycles. The van der Waals surface area contributed by atoms with Crippen molar-refractivity contribution in [1.82, 2.24) is 19.9 Å². The molecule has 2 aromatic heterocycles. The lowest BCUT2D eigenvalue weighted by molar-refractivity contribution is 0.354. The highest BCUT2D eigenvalue weighted by Gasteiger charge is 2.23. The van der Waals surface area contributed by atoms with Crippen LogP contribution in [0.5, 0.6) is 0 Å². The fourth-order valence-corrected chi connectivity index (χ4v) is 2.34. The number of nitrogens with one attached hydrogen (secondary N) is 1. The number of nitrogens with zero attached hydrogens (tertiary/aromatic N) is 4. The fraction of sp³-hybridized carbons (Fsp3) is 0.643. The normalized spacial score (nSPS) is 14.0. The van der Waals surface area contributed by atoms with E-state index in [9.17, 15) is 8.42 Å². The van der Waals surface area contributed by atoms with Crippen molar-refractivity contribution in [1.29, 1.82) is 0 Å². The van der Waals surface area contributed by atoms with Crippen molar-refractivity contribution in [2.75, 3.05) is 17.3 Å². The van der Waals surface area contributed by atoms with Crippen molar-refractivity contribution in [2.24, 2.45) is 0 Å². The van der Waals surface area contributed by atoms with Gasteiger partial charge in [0.05, 0.1) is 12.3 Å². The smallest absolute Gasteiger partial charge is 0.248 e. The highest BCUT2D eigenvalue weighted by molar-refractivity contribution is 7.90. The molecule has 0 spiro atoms. The van der Waals surface area contributed by atoms with E-state index in [4.69, 9.17) is 4.52 Å². The number of anilines is 1. The van der Waals surface area contributed by atoms with E-state index in [1.807, 2.05) is 27.7 Å². The first-order valence-electron chi connectivity index (χ1n) is 7.36. The van der Waals surface area contributed by atoms with Crippen LogP contribution in [0.4, 0.5) is 5.82 Å². The topological polar surface area (TPSA) is 103 Å². The summed E-state index contributed by atoms with van der Waals surface area (Å²) in [5, 5.41) is 11.4. The summed E-state index contributed by atoms with van der Waals surface area (Å²) in [6, 6.07) is 1.58. The fourth-order valence-electron chi connectivity index (χ4n) is 1.82. The molecule has 0 fully saturated rings. The third-order valence-electron chi connectivity index (χ3n) is 3.18. The van der Waals surface area contributed by atoms with Gasteiger partial charge in [-0.1, -0.05) is 25.9 Å². The molecular weight excluding hydrogens is 318 g/mol. The van der Waals surface area contributed by atoms with Crippen LogP contribution >= 0.6 is 0 Å². The molecule has 0 bridgehead atoms. The molecule has 2 heterocycles. The summed E-state index contributed by atoms with van der Waals surface area (Å²) in [5.41, 5.74) is -0.172. The lowest BCUT2D eigenvalue weighted by atomic mass is 9.96. The Bertz CT molecular complexity index is 757. The Morgan fingerprint density at radius 2 is 2.09 bits per heavy atom. The van der Waals surface area contributed by atoms with E-state index in [-0.39, 0.29) is 17.2 Å². The summed E-state index contributed by atoms with van der Waals surface area (Å²) in [6.45, 7) is 8.27. The predicted molar refractivity (Wildman–Crippen MR) is 87.0 cm³/mol. The Balaban J connectivity index is 1.99. The monoisotopic (exact) mass is 341 g/mol. The Morgan fingerprint density at radius 1 is 1.39 bits per heavy atom. The molecule has 23 heavy (non-hydrogen) atoms. The molecule has 2 rings (SSSR count). The minimum Gasteiger partial charge on any atom is -0.357 e. The van der Waals surface area contributed by atoms with E-state index in [1.54, 1.807) is 16.9 Å². The van der Waals surface area contributed by atoms with Gasteiger partial charge < -0.3 is 9.84 Å². The van der Waals surface area contributed by atoms with Crippen molar-refractivity contribution in [3.63, 3.8) is 0 Å². The molecule has 1 unspecified atom stereocenters. The van der Waals surface area contributed by atoms with Gasteiger partial charge in [-0.3, -0.25) is 4.68 Å². The second kappa shape index (κ2) is 6.31. The van der Waals surface area contributed by atoms with Gasteiger partial charge in [-0.15, -0.1) is 0 Å². The number of hydrogen-bond acceptors (Lipinski definition) is 7. The number of sulfone groups is 1. The van der Waals surface area contributed by atoms with E-state index in [2.05, 4.69) is 20.6 Å². The van der Waals surface area contributed by atoms with Gasteiger partial charge in [-0.25, -0.2) is 8.42 Å². The molecule has 9 heteroatoms. The van der Waals surface area contributed by atoms with Gasteiger partial charge in [0.15, 0.2) is 5.82 Å². The van der Waals surface area contributed by atoms with Gasteiger partial charge in [0, 0.05) is 23.9 Å². The van der Waals surface area contributed by atoms with E-state index in [0.29, 0.717) is 24.1 Å². The van der Waals surface area contributed by atoms with Gasteiger partial charge in [0.2, 0.25) is 5.89 Å². The summed E-state index contributed by atoms with van der Waals surface area (Å²) in [6.07, 6.45) is 2.94. The maximum atomic E-state index is 11.2. The second-order valence-corrected chi connectivity index (χ2v) is 8.93. The first-order valence-corrected chi connectivity index (χ1v) is 9.42. The Hall–Kier alpha value is -1.90. The summed E-state index contributed by atoms with van der Waals surface area (Å²) >= 11 is 0. The zero-order chi connectivity index (χ0) is 17.3. The van der Waals surface area contributed by atoms with E-state index >= 15 is 0 Å². The minimum absolute atomic E-state index is 0.0578. The van der Waals surface area contributed by atoms with Crippen molar-refractivity contribution in [3.05, 3.63) is 24.0 Å². The summed E-state index contributed by atoms with van der Waals surface area (Å²) in [5.74, 6) is 1.82. The molecule has 0 radical (unpaired) electrons. The second-order valence-electron chi connectivity index (χ2n) is 6.67. The molecule has 1 N–H and O–H groups in total. The van der Waals surface area contributed by atoms with Gasteiger partial charge in [-0.05, 0) is 6.92 Å². The van der Waals surface area contributed by atoms with Crippen molar-refractivity contribution in [2.45, 2.75) is 45.7 Å². The Kier molecular flexibility index (Phi) is 4.79. The maximum absolute atomic E-state index is 11.2. The molecule has 0 aliphatic heterocycles. The number of rotatable bonds is 6. The Labute approximate surface area is 136 Å². The van der Waals surface area contributed by atoms with Crippen LogP contribution in [0.2, 0.25) is 0 Å². The van der Waals surface area contributed by atoms with Crippen LogP contribution < -0.4 is 5.32 Å². The Morgan fingerprint density at radius 3 is 2.65 bits per heavy atom. The van der Waals surface area contributed by atoms with Crippen LogP contribution in [0.3, 0.4) is 0 Å². The van der Waals surface area contributed by atoms with Crippen LogP contribution in [0.1, 0.15) is 45.5 Å². The molecule has 0 aromatic carbocycles. The summed E-state index contributed by atoms with van der Waals surface area (Å²) in [7, 11) is -3.00. The van der Waals surface area contributed by atoms with Gasteiger partial charge >= 0.3 is 0 Å². The van der Waals surface area contributed by atoms with Crippen LogP contribution in [0.15, 0.2) is 16.8 Å². The van der Waals surface area contributed by atoms with Gasteiger partial charge in [0.25, 0.3) is 0 Å². The number of hydrogen-bond donors (Lipinski definition) is 1. The van der Waals surface area contributed by atoms with E-state index in [1.165, 1.54) is 6.26 Å². The molecule has 128 valence electrons. The molecule has 0 saturated carbocycles. The average Bonchev–Trinajstić information content (AvgIpc) is 3.03. The summed E-state index contributed by atoms with van der Waals surface area (Å²) in [4.78, 5) is 4.40. The van der Waals surface area contributed by atoms with Crippen LogP contribution in [0.25, 0.3) is 0 Å². The third kappa shape index (κ3) is 5.05. The largest absolute Gasteiger partial charge is 0.357 e. The lowest BCUT2D eigenvalue weighted by Crippen LogP contribution is -2.14. The molecule has 8 nitrogen and oxygen atoms in total. The SMILES string of the molecule is CC(Nc1ccn(CCS(C)(=O)=O)n1)c1nc(C(C)(C)C)no1.